The predicted octanol–water partition coefficient (Wildman–Crippen LogP) is 4.91. The molecule has 0 bridgehead atoms. The lowest BCUT2D eigenvalue weighted by Gasteiger charge is -2.23. The van der Waals surface area contributed by atoms with Crippen LogP contribution in [-0.4, -0.2) is 27.2 Å². The van der Waals surface area contributed by atoms with Gasteiger partial charge in [0, 0.05) is 20.0 Å². The Balaban J connectivity index is 1.66. The van der Waals surface area contributed by atoms with Crippen LogP contribution >= 0.6 is 0 Å². The van der Waals surface area contributed by atoms with Crippen molar-refractivity contribution >= 4 is 17.3 Å². The van der Waals surface area contributed by atoms with Crippen molar-refractivity contribution in [1.82, 2.24) is 0 Å². The van der Waals surface area contributed by atoms with Crippen molar-refractivity contribution in [3.05, 3.63) is 83.9 Å². The Morgan fingerprint density at radius 2 is 1.63 bits per heavy atom. The number of carbonyl (C=O) groups excluding carboxylic acids is 1. The van der Waals surface area contributed by atoms with E-state index in [2.05, 4.69) is 22.3 Å². The van der Waals surface area contributed by atoms with Crippen LogP contribution in [0.15, 0.2) is 72.8 Å². The van der Waals surface area contributed by atoms with Gasteiger partial charge in [-0.1, -0.05) is 54.6 Å². The van der Waals surface area contributed by atoms with Gasteiger partial charge in [0.2, 0.25) is 5.91 Å². The van der Waals surface area contributed by atoms with Crippen LogP contribution in [0.5, 0.6) is 11.5 Å². The zero-order valence-corrected chi connectivity index (χ0v) is 17.7. The van der Waals surface area contributed by atoms with Gasteiger partial charge in [-0.05, 0) is 35.7 Å². The Labute approximate surface area is 178 Å². The third kappa shape index (κ3) is 5.32. The molecule has 0 unspecified atom stereocenters. The lowest BCUT2D eigenvalue weighted by molar-refractivity contribution is -0.116. The van der Waals surface area contributed by atoms with E-state index in [0.29, 0.717) is 24.3 Å². The van der Waals surface area contributed by atoms with Gasteiger partial charge in [-0.25, -0.2) is 0 Å². The molecule has 0 saturated heterocycles. The van der Waals surface area contributed by atoms with Crippen molar-refractivity contribution in [1.29, 1.82) is 0 Å². The SMILES string of the molecule is COc1cccc(CCC(=O)Nc2ccccc2N(C)Cc2ccccc2)c1OC. The van der Waals surface area contributed by atoms with Crippen molar-refractivity contribution in [2.75, 3.05) is 31.5 Å². The van der Waals surface area contributed by atoms with Gasteiger partial charge in [0.25, 0.3) is 0 Å². The monoisotopic (exact) mass is 404 g/mol. The second kappa shape index (κ2) is 10.3. The van der Waals surface area contributed by atoms with Crippen molar-refractivity contribution < 1.29 is 14.3 Å². The van der Waals surface area contributed by atoms with Gasteiger partial charge in [0.15, 0.2) is 11.5 Å². The zero-order chi connectivity index (χ0) is 21.3. The highest BCUT2D eigenvalue weighted by Crippen LogP contribution is 2.32. The molecular formula is C25H28N2O3. The Kier molecular flexibility index (Phi) is 7.33. The van der Waals surface area contributed by atoms with Crippen molar-refractivity contribution in [2.45, 2.75) is 19.4 Å². The van der Waals surface area contributed by atoms with Crippen molar-refractivity contribution in [3.8, 4) is 11.5 Å². The predicted molar refractivity (Wildman–Crippen MR) is 121 cm³/mol. The van der Waals surface area contributed by atoms with E-state index in [1.54, 1.807) is 14.2 Å². The minimum Gasteiger partial charge on any atom is -0.493 e. The fourth-order valence-corrected chi connectivity index (χ4v) is 3.47. The van der Waals surface area contributed by atoms with E-state index in [-0.39, 0.29) is 5.91 Å². The zero-order valence-electron chi connectivity index (χ0n) is 17.7. The fraction of sp³-hybridized carbons (Fsp3) is 0.240. The maximum Gasteiger partial charge on any atom is 0.224 e. The van der Waals surface area contributed by atoms with E-state index in [4.69, 9.17) is 9.47 Å². The third-order valence-corrected chi connectivity index (χ3v) is 4.96. The molecule has 0 aliphatic carbocycles. The summed E-state index contributed by atoms with van der Waals surface area (Å²) in [6.07, 6.45) is 0.911. The number of benzene rings is 3. The van der Waals surface area contributed by atoms with Gasteiger partial charge in [0.05, 0.1) is 25.6 Å². The Morgan fingerprint density at radius 1 is 0.900 bits per heavy atom. The molecule has 5 nitrogen and oxygen atoms in total. The summed E-state index contributed by atoms with van der Waals surface area (Å²) in [7, 11) is 5.25. The van der Waals surface area contributed by atoms with Crippen LogP contribution in [0.2, 0.25) is 0 Å². The molecule has 5 heteroatoms. The average Bonchev–Trinajstić information content (AvgIpc) is 2.78. The summed E-state index contributed by atoms with van der Waals surface area (Å²) in [6.45, 7) is 0.759. The molecule has 0 aromatic heterocycles. The van der Waals surface area contributed by atoms with E-state index in [1.807, 2.05) is 67.7 Å². The quantitative estimate of drug-likeness (QED) is 0.550. The molecule has 3 aromatic carbocycles. The first kappa shape index (κ1) is 21.2. The van der Waals surface area contributed by atoms with Gasteiger partial charge in [-0.2, -0.15) is 0 Å². The number of aryl methyl sites for hydroxylation is 1. The van der Waals surface area contributed by atoms with E-state index < -0.39 is 0 Å². The van der Waals surface area contributed by atoms with Crippen LogP contribution in [0.25, 0.3) is 0 Å². The first-order chi connectivity index (χ1) is 14.6. The lowest BCUT2D eigenvalue weighted by Crippen LogP contribution is -2.20. The largest absolute Gasteiger partial charge is 0.493 e. The summed E-state index contributed by atoms with van der Waals surface area (Å²) in [5, 5.41) is 3.06. The van der Waals surface area contributed by atoms with Gasteiger partial charge in [0.1, 0.15) is 0 Å². The van der Waals surface area contributed by atoms with Gasteiger partial charge in [-0.15, -0.1) is 0 Å². The number of amides is 1. The number of nitrogens with zero attached hydrogens (tertiary/aromatic N) is 1. The Hall–Kier alpha value is -3.47. The molecule has 3 rings (SSSR count). The molecule has 0 heterocycles. The summed E-state index contributed by atoms with van der Waals surface area (Å²) < 4.78 is 10.8. The summed E-state index contributed by atoms with van der Waals surface area (Å²) >= 11 is 0. The van der Waals surface area contributed by atoms with Gasteiger partial charge < -0.3 is 19.7 Å². The maximum atomic E-state index is 12.7. The second-order valence-corrected chi connectivity index (χ2v) is 7.06. The first-order valence-corrected chi connectivity index (χ1v) is 9.96. The highest BCUT2D eigenvalue weighted by atomic mass is 16.5. The van der Waals surface area contributed by atoms with Crippen molar-refractivity contribution in [2.24, 2.45) is 0 Å². The summed E-state index contributed by atoms with van der Waals surface area (Å²) in [4.78, 5) is 14.8. The number of nitrogens with one attached hydrogen (secondary N) is 1. The normalized spacial score (nSPS) is 10.4. The molecular weight excluding hydrogens is 376 g/mol. The molecule has 30 heavy (non-hydrogen) atoms. The Morgan fingerprint density at radius 3 is 2.37 bits per heavy atom. The number of anilines is 2. The number of ether oxygens (including phenoxy) is 2. The minimum atomic E-state index is -0.0413. The standard InChI is InChI=1S/C25H28N2O3/c1-27(18-19-10-5-4-6-11-19)22-14-8-7-13-21(22)26-24(28)17-16-20-12-9-15-23(29-2)25(20)30-3/h4-15H,16-18H2,1-3H3,(H,26,28). The van der Waals surface area contributed by atoms with Crippen molar-refractivity contribution in [3.63, 3.8) is 0 Å². The fourth-order valence-electron chi connectivity index (χ4n) is 3.47. The molecule has 0 spiro atoms. The number of hydrogen-bond acceptors (Lipinski definition) is 4. The van der Waals surface area contributed by atoms with Crippen LogP contribution in [0.4, 0.5) is 11.4 Å². The van der Waals surface area contributed by atoms with Gasteiger partial charge >= 0.3 is 0 Å². The molecule has 0 aliphatic heterocycles. The summed E-state index contributed by atoms with van der Waals surface area (Å²) in [5.41, 5.74) is 3.94. The molecule has 0 aliphatic rings. The molecule has 1 N–H and O–H groups in total. The molecule has 0 radical (unpaired) electrons. The number of hydrogen-bond donors (Lipinski definition) is 1. The van der Waals surface area contributed by atoms with Crippen LogP contribution in [0.3, 0.4) is 0 Å². The third-order valence-electron chi connectivity index (χ3n) is 4.96. The van der Waals surface area contributed by atoms with Crippen LogP contribution in [-0.2, 0) is 17.8 Å². The topological polar surface area (TPSA) is 50.8 Å². The first-order valence-electron chi connectivity index (χ1n) is 9.96. The van der Waals surface area contributed by atoms with E-state index in [9.17, 15) is 4.79 Å². The second-order valence-electron chi connectivity index (χ2n) is 7.06. The lowest BCUT2D eigenvalue weighted by atomic mass is 10.1. The van der Waals surface area contributed by atoms with Crippen LogP contribution in [0.1, 0.15) is 17.5 Å². The molecule has 156 valence electrons. The number of carbonyl (C=O) groups is 1. The van der Waals surface area contributed by atoms with Crippen LogP contribution in [0, 0.1) is 0 Å². The van der Waals surface area contributed by atoms with E-state index >= 15 is 0 Å². The maximum absolute atomic E-state index is 12.7. The minimum absolute atomic E-state index is 0.0413. The summed E-state index contributed by atoms with van der Waals surface area (Å²) in [5.74, 6) is 1.31. The van der Waals surface area contributed by atoms with E-state index in [0.717, 1.165) is 23.5 Å². The molecule has 0 atom stereocenters. The molecule has 0 fully saturated rings. The van der Waals surface area contributed by atoms with Crippen LogP contribution < -0.4 is 19.7 Å². The summed E-state index contributed by atoms with van der Waals surface area (Å²) in [6, 6.07) is 23.8. The Bertz CT molecular complexity index is 973. The number of para-hydroxylation sites is 3. The van der Waals surface area contributed by atoms with Gasteiger partial charge in [-0.3, -0.25) is 4.79 Å². The number of methoxy groups -OCH3 is 2. The number of rotatable bonds is 9. The molecule has 3 aromatic rings. The highest BCUT2D eigenvalue weighted by molar-refractivity contribution is 5.94. The smallest absolute Gasteiger partial charge is 0.224 e. The van der Waals surface area contributed by atoms with E-state index in [1.165, 1.54) is 5.56 Å². The molecule has 1 amide bonds. The molecule has 0 saturated carbocycles. The highest BCUT2D eigenvalue weighted by Gasteiger charge is 2.13. The average molecular weight is 405 g/mol.